The van der Waals surface area contributed by atoms with Gasteiger partial charge in [-0.2, -0.15) is 13.2 Å². The van der Waals surface area contributed by atoms with Gasteiger partial charge in [0.05, 0.1) is 5.92 Å². The summed E-state index contributed by atoms with van der Waals surface area (Å²) in [6.07, 6.45) is 0.0818. The van der Waals surface area contributed by atoms with Gasteiger partial charge in [0.1, 0.15) is 0 Å². The summed E-state index contributed by atoms with van der Waals surface area (Å²) >= 11 is 0. The second-order valence-corrected chi connectivity index (χ2v) is 6.50. The predicted molar refractivity (Wildman–Crippen MR) is 69.7 cm³/mol. The van der Waals surface area contributed by atoms with Crippen molar-refractivity contribution < 1.29 is 13.2 Å². The van der Waals surface area contributed by atoms with Gasteiger partial charge >= 0.3 is 6.18 Å². The van der Waals surface area contributed by atoms with Crippen LogP contribution in [0.5, 0.6) is 0 Å². The van der Waals surface area contributed by atoms with E-state index in [1.165, 1.54) is 12.8 Å². The third-order valence-electron chi connectivity index (χ3n) is 5.02. The van der Waals surface area contributed by atoms with Gasteiger partial charge in [-0.25, -0.2) is 0 Å². The largest absolute Gasteiger partial charge is 0.391 e. The van der Waals surface area contributed by atoms with Gasteiger partial charge in [-0.1, -0.05) is 6.92 Å². The Morgan fingerprint density at radius 2 is 1.79 bits per heavy atom. The lowest BCUT2D eigenvalue weighted by atomic mass is 9.76. The molecule has 0 saturated heterocycles. The molecule has 112 valence electrons. The van der Waals surface area contributed by atoms with Crippen LogP contribution in [0.15, 0.2) is 0 Å². The van der Waals surface area contributed by atoms with Crippen molar-refractivity contribution >= 4 is 0 Å². The lowest BCUT2D eigenvalue weighted by Gasteiger charge is -2.41. The molecule has 2 saturated carbocycles. The average Bonchev–Trinajstić information content (AvgIpc) is 3.19. The summed E-state index contributed by atoms with van der Waals surface area (Å²) in [4.78, 5) is 0. The van der Waals surface area contributed by atoms with Gasteiger partial charge in [0, 0.05) is 12.1 Å². The van der Waals surface area contributed by atoms with E-state index in [1.807, 2.05) is 0 Å². The predicted octanol–water partition coefficient (Wildman–Crippen LogP) is 3.07. The van der Waals surface area contributed by atoms with E-state index in [4.69, 9.17) is 5.73 Å². The van der Waals surface area contributed by atoms with Gasteiger partial charge in [-0.3, -0.25) is 0 Å². The fourth-order valence-electron chi connectivity index (χ4n) is 3.16. The van der Waals surface area contributed by atoms with Gasteiger partial charge in [0.25, 0.3) is 0 Å². The molecule has 5 heteroatoms. The first-order valence-electron chi connectivity index (χ1n) is 7.38. The summed E-state index contributed by atoms with van der Waals surface area (Å²) in [5.74, 6) is 0.299. The quantitative estimate of drug-likeness (QED) is 0.811. The molecule has 2 nitrogen and oxygen atoms in total. The highest BCUT2D eigenvalue weighted by molar-refractivity contribution is 4.96. The molecule has 0 bridgehead atoms. The summed E-state index contributed by atoms with van der Waals surface area (Å²) in [5, 5.41) is 3.49. The van der Waals surface area contributed by atoms with E-state index in [0.717, 1.165) is 12.5 Å². The lowest BCUT2D eigenvalue weighted by Crippen LogP contribution is -2.55. The number of hydrogen-bond donors (Lipinski definition) is 2. The molecule has 0 heterocycles. The Bertz CT molecular complexity index is 292. The van der Waals surface area contributed by atoms with Crippen molar-refractivity contribution in [2.45, 2.75) is 57.2 Å². The Kier molecular flexibility index (Phi) is 4.45. The Labute approximate surface area is 113 Å². The van der Waals surface area contributed by atoms with E-state index in [9.17, 15) is 13.2 Å². The Hall–Kier alpha value is -0.290. The molecule has 2 rings (SSSR count). The van der Waals surface area contributed by atoms with Crippen LogP contribution >= 0.6 is 0 Å². The molecule has 2 fully saturated rings. The normalized spacial score (nSPS) is 34.3. The summed E-state index contributed by atoms with van der Waals surface area (Å²) < 4.78 is 38.0. The first-order valence-corrected chi connectivity index (χ1v) is 7.38. The van der Waals surface area contributed by atoms with Crippen molar-refractivity contribution in [1.82, 2.24) is 5.32 Å². The summed E-state index contributed by atoms with van der Waals surface area (Å²) in [5.41, 5.74) is 5.57. The smallest absolute Gasteiger partial charge is 0.329 e. The fraction of sp³-hybridized carbons (Fsp3) is 1.00. The Morgan fingerprint density at radius 3 is 2.21 bits per heavy atom. The number of alkyl halides is 3. The fourth-order valence-corrected chi connectivity index (χ4v) is 3.16. The molecular formula is C14H25F3N2. The second-order valence-electron chi connectivity index (χ2n) is 6.50. The Morgan fingerprint density at radius 1 is 1.21 bits per heavy atom. The first kappa shape index (κ1) is 15.1. The standard InChI is InChI=1S/C14H25F3N2/c1-10(11-2-3-11)8-19-13(9-18)6-4-12(5-7-13)14(15,16)17/h10-12,19H,2-9,18H2,1H3. The molecule has 0 aliphatic heterocycles. The SMILES string of the molecule is CC(CNC1(CN)CCC(C(F)(F)F)CC1)C1CC1. The van der Waals surface area contributed by atoms with Crippen LogP contribution < -0.4 is 11.1 Å². The maximum Gasteiger partial charge on any atom is 0.391 e. The van der Waals surface area contributed by atoms with E-state index in [-0.39, 0.29) is 18.4 Å². The number of rotatable bonds is 5. The molecular weight excluding hydrogens is 253 g/mol. The van der Waals surface area contributed by atoms with E-state index in [2.05, 4.69) is 12.2 Å². The lowest BCUT2D eigenvalue weighted by molar-refractivity contribution is -0.185. The van der Waals surface area contributed by atoms with Gasteiger partial charge < -0.3 is 11.1 Å². The molecule has 0 radical (unpaired) electrons. The minimum Gasteiger partial charge on any atom is -0.329 e. The van der Waals surface area contributed by atoms with Crippen LogP contribution in [0, 0.1) is 17.8 Å². The van der Waals surface area contributed by atoms with Crippen LogP contribution in [0.2, 0.25) is 0 Å². The maximum absolute atomic E-state index is 12.7. The zero-order valence-corrected chi connectivity index (χ0v) is 11.6. The molecule has 0 aromatic rings. The number of hydrogen-bond acceptors (Lipinski definition) is 2. The number of halogens is 3. The number of nitrogens with one attached hydrogen (secondary N) is 1. The summed E-state index contributed by atoms with van der Waals surface area (Å²) in [6, 6.07) is 0. The summed E-state index contributed by atoms with van der Waals surface area (Å²) in [6.45, 7) is 3.55. The third kappa shape index (κ3) is 3.85. The molecule has 1 atom stereocenters. The van der Waals surface area contributed by atoms with Crippen LogP contribution in [0.4, 0.5) is 13.2 Å². The van der Waals surface area contributed by atoms with Crippen molar-refractivity contribution in [1.29, 1.82) is 0 Å². The topological polar surface area (TPSA) is 38.0 Å². The molecule has 0 aromatic heterocycles. The van der Waals surface area contributed by atoms with E-state index in [1.54, 1.807) is 0 Å². The monoisotopic (exact) mass is 278 g/mol. The molecule has 19 heavy (non-hydrogen) atoms. The zero-order chi connectivity index (χ0) is 14.1. The van der Waals surface area contributed by atoms with Gasteiger partial charge in [-0.15, -0.1) is 0 Å². The first-order chi connectivity index (χ1) is 8.86. The van der Waals surface area contributed by atoms with Crippen molar-refractivity contribution in [3.8, 4) is 0 Å². The Balaban J connectivity index is 1.83. The molecule has 2 aliphatic rings. The van der Waals surface area contributed by atoms with E-state index < -0.39 is 12.1 Å². The highest BCUT2D eigenvalue weighted by atomic mass is 19.4. The zero-order valence-electron chi connectivity index (χ0n) is 11.6. The highest BCUT2D eigenvalue weighted by Crippen LogP contribution is 2.41. The van der Waals surface area contributed by atoms with Gasteiger partial charge in [0.15, 0.2) is 0 Å². The van der Waals surface area contributed by atoms with Crippen molar-refractivity contribution in [3.05, 3.63) is 0 Å². The third-order valence-corrected chi connectivity index (χ3v) is 5.02. The van der Waals surface area contributed by atoms with Crippen molar-refractivity contribution in [3.63, 3.8) is 0 Å². The number of nitrogens with two attached hydrogens (primary N) is 1. The minimum absolute atomic E-state index is 0.214. The van der Waals surface area contributed by atoms with Crippen LogP contribution in [0.1, 0.15) is 45.4 Å². The highest BCUT2D eigenvalue weighted by Gasteiger charge is 2.45. The van der Waals surface area contributed by atoms with Crippen LogP contribution in [0.3, 0.4) is 0 Å². The van der Waals surface area contributed by atoms with Crippen LogP contribution in [0.25, 0.3) is 0 Å². The average molecular weight is 278 g/mol. The molecule has 0 amide bonds. The van der Waals surface area contributed by atoms with Crippen molar-refractivity contribution in [2.24, 2.45) is 23.5 Å². The van der Waals surface area contributed by atoms with Crippen LogP contribution in [-0.2, 0) is 0 Å². The summed E-state index contributed by atoms with van der Waals surface area (Å²) in [7, 11) is 0. The molecule has 0 aromatic carbocycles. The molecule has 2 aliphatic carbocycles. The maximum atomic E-state index is 12.7. The van der Waals surface area contributed by atoms with E-state index >= 15 is 0 Å². The molecule has 1 unspecified atom stereocenters. The second kappa shape index (κ2) is 5.60. The molecule has 3 N–H and O–H groups in total. The van der Waals surface area contributed by atoms with Crippen molar-refractivity contribution in [2.75, 3.05) is 13.1 Å². The minimum atomic E-state index is -4.04. The van der Waals surface area contributed by atoms with Crippen LogP contribution in [-0.4, -0.2) is 24.8 Å². The molecule has 0 spiro atoms. The van der Waals surface area contributed by atoms with Gasteiger partial charge in [-0.05, 0) is 56.9 Å². The van der Waals surface area contributed by atoms with Gasteiger partial charge in [0.2, 0.25) is 0 Å². The van der Waals surface area contributed by atoms with E-state index in [0.29, 0.717) is 25.3 Å².